The highest BCUT2D eigenvalue weighted by Crippen LogP contribution is 2.28. The number of anilines is 1. The Kier molecular flexibility index (Phi) is 5.33. The minimum Gasteiger partial charge on any atom is -0.391 e. The van der Waals surface area contributed by atoms with E-state index in [2.05, 4.69) is 59.3 Å². The van der Waals surface area contributed by atoms with Crippen LogP contribution in [0.25, 0.3) is 10.9 Å². The van der Waals surface area contributed by atoms with E-state index in [-0.39, 0.29) is 6.10 Å². The zero-order valence-electron chi connectivity index (χ0n) is 17.0. The van der Waals surface area contributed by atoms with E-state index in [1.807, 2.05) is 17.9 Å². The zero-order chi connectivity index (χ0) is 19.7. The third-order valence-electron chi connectivity index (χ3n) is 5.37. The molecule has 28 heavy (non-hydrogen) atoms. The number of β-amino-alcohol motifs (C(OH)–C–C–N with tert-alkyl or cyclic N) is 1. The van der Waals surface area contributed by atoms with Gasteiger partial charge in [-0.05, 0) is 45.0 Å². The highest BCUT2D eigenvalue weighted by molar-refractivity contribution is 5.82. The number of nitrogens with zero attached hydrogens (tertiary/aromatic N) is 5. The molecule has 1 aliphatic rings. The predicted molar refractivity (Wildman–Crippen MR) is 112 cm³/mol. The molecule has 0 bridgehead atoms. The summed E-state index contributed by atoms with van der Waals surface area (Å²) in [4.78, 5) is 9.55. The average Bonchev–Trinajstić information content (AvgIpc) is 3.05. The molecular weight excluding hydrogens is 350 g/mol. The van der Waals surface area contributed by atoms with Crippen molar-refractivity contribution in [2.24, 2.45) is 7.05 Å². The van der Waals surface area contributed by atoms with Gasteiger partial charge >= 0.3 is 0 Å². The van der Waals surface area contributed by atoms with Crippen molar-refractivity contribution in [1.29, 1.82) is 0 Å². The smallest absolute Gasteiger partial charge is 0.133 e. The molecule has 3 heterocycles. The number of rotatable bonds is 5. The molecule has 0 unspecified atom stereocenters. The zero-order valence-corrected chi connectivity index (χ0v) is 17.0. The predicted octanol–water partition coefficient (Wildman–Crippen LogP) is 2.87. The summed E-state index contributed by atoms with van der Waals surface area (Å²) in [7, 11) is 4.07. The van der Waals surface area contributed by atoms with Crippen molar-refractivity contribution in [3.05, 3.63) is 53.3 Å². The molecule has 4 rings (SSSR count). The third kappa shape index (κ3) is 4.18. The van der Waals surface area contributed by atoms with Crippen LogP contribution in [0, 0.1) is 6.92 Å². The number of aliphatic hydroxyl groups excluding tert-OH is 1. The monoisotopic (exact) mass is 379 g/mol. The van der Waals surface area contributed by atoms with Crippen molar-refractivity contribution in [3.8, 4) is 0 Å². The van der Waals surface area contributed by atoms with Crippen molar-refractivity contribution >= 4 is 16.7 Å². The maximum absolute atomic E-state index is 10.2. The van der Waals surface area contributed by atoms with E-state index < -0.39 is 0 Å². The lowest BCUT2D eigenvalue weighted by Crippen LogP contribution is -2.39. The summed E-state index contributed by atoms with van der Waals surface area (Å²) in [5, 5.41) is 15.6. The first-order chi connectivity index (χ1) is 13.5. The van der Waals surface area contributed by atoms with Crippen molar-refractivity contribution in [2.45, 2.75) is 39.0 Å². The van der Waals surface area contributed by atoms with E-state index in [1.54, 1.807) is 0 Å². The number of aromatic nitrogens is 3. The molecule has 1 saturated heterocycles. The molecule has 0 aliphatic carbocycles. The number of hydrogen-bond donors (Lipinski definition) is 1. The highest BCUT2D eigenvalue weighted by Gasteiger charge is 2.22. The fourth-order valence-electron chi connectivity index (χ4n) is 4.08. The van der Waals surface area contributed by atoms with Crippen molar-refractivity contribution in [3.63, 3.8) is 0 Å². The van der Waals surface area contributed by atoms with E-state index in [0.717, 1.165) is 43.8 Å². The molecule has 0 radical (unpaired) electrons. The quantitative estimate of drug-likeness (QED) is 0.739. The molecule has 1 aromatic carbocycles. The van der Waals surface area contributed by atoms with Gasteiger partial charge in [0.25, 0.3) is 0 Å². The van der Waals surface area contributed by atoms with Crippen LogP contribution in [0.1, 0.15) is 29.5 Å². The van der Waals surface area contributed by atoms with E-state index in [9.17, 15) is 5.11 Å². The van der Waals surface area contributed by atoms with Gasteiger partial charge in [-0.1, -0.05) is 11.6 Å². The Labute approximate surface area is 166 Å². The number of aliphatic hydroxyl groups is 1. The summed E-state index contributed by atoms with van der Waals surface area (Å²) in [5.41, 5.74) is 4.66. The SMILES string of the molecule is Cc1ccc2nc(N3CCC[C@H](O)C3)c(CN(C)Cc3cnn(C)c3)cc2c1. The van der Waals surface area contributed by atoms with Gasteiger partial charge in [-0.25, -0.2) is 4.98 Å². The van der Waals surface area contributed by atoms with E-state index in [4.69, 9.17) is 4.98 Å². The van der Waals surface area contributed by atoms with Gasteiger partial charge in [-0.2, -0.15) is 5.10 Å². The van der Waals surface area contributed by atoms with E-state index >= 15 is 0 Å². The van der Waals surface area contributed by atoms with Crippen LogP contribution < -0.4 is 4.90 Å². The van der Waals surface area contributed by atoms with Crippen LogP contribution >= 0.6 is 0 Å². The maximum Gasteiger partial charge on any atom is 0.133 e. The summed E-state index contributed by atoms with van der Waals surface area (Å²) in [6, 6.07) is 8.67. The number of fused-ring (bicyclic) bond motifs is 1. The number of piperidine rings is 1. The van der Waals surface area contributed by atoms with Gasteiger partial charge in [-0.3, -0.25) is 9.58 Å². The largest absolute Gasteiger partial charge is 0.391 e. The number of benzene rings is 1. The first kappa shape index (κ1) is 18.9. The summed E-state index contributed by atoms with van der Waals surface area (Å²) in [6.45, 7) is 5.35. The molecule has 1 aliphatic heterocycles. The van der Waals surface area contributed by atoms with Crippen LogP contribution in [0.4, 0.5) is 5.82 Å². The average molecular weight is 380 g/mol. The second kappa shape index (κ2) is 7.89. The lowest BCUT2D eigenvalue weighted by molar-refractivity contribution is 0.153. The van der Waals surface area contributed by atoms with Gasteiger partial charge in [0.2, 0.25) is 0 Å². The molecule has 148 valence electrons. The number of pyridine rings is 1. The third-order valence-corrected chi connectivity index (χ3v) is 5.37. The molecule has 6 nitrogen and oxygen atoms in total. The van der Waals surface area contributed by atoms with Crippen LogP contribution in [-0.4, -0.2) is 51.0 Å². The fraction of sp³-hybridized carbons (Fsp3) is 0.455. The molecule has 0 spiro atoms. The number of aryl methyl sites for hydroxylation is 2. The molecular formula is C22H29N5O. The molecule has 3 aromatic rings. The van der Waals surface area contributed by atoms with Gasteiger partial charge in [-0.15, -0.1) is 0 Å². The van der Waals surface area contributed by atoms with Gasteiger partial charge in [0.1, 0.15) is 5.82 Å². The van der Waals surface area contributed by atoms with E-state index in [0.29, 0.717) is 6.54 Å². The molecule has 1 N–H and O–H groups in total. The maximum atomic E-state index is 10.2. The van der Waals surface area contributed by atoms with Gasteiger partial charge in [0.15, 0.2) is 0 Å². The van der Waals surface area contributed by atoms with Crippen LogP contribution in [0.2, 0.25) is 0 Å². The van der Waals surface area contributed by atoms with Crippen molar-refractivity contribution in [1.82, 2.24) is 19.7 Å². The second-order valence-electron chi connectivity index (χ2n) is 8.10. The lowest BCUT2D eigenvalue weighted by atomic mass is 10.1. The van der Waals surface area contributed by atoms with Crippen LogP contribution in [0.3, 0.4) is 0 Å². The summed E-state index contributed by atoms with van der Waals surface area (Å²) in [5.74, 6) is 1.01. The Morgan fingerprint density at radius 3 is 2.86 bits per heavy atom. The minimum atomic E-state index is -0.273. The lowest BCUT2D eigenvalue weighted by Gasteiger charge is -2.33. The Hall–Kier alpha value is -2.44. The molecule has 0 saturated carbocycles. The number of hydrogen-bond acceptors (Lipinski definition) is 5. The minimum absolute atomic E-state index is 0.273. The van der Waals surface area contributed by atoms with Gasteiger partial charge in [0, 0.05) is 55.9 Å². The highest BCUT2D eigenvalue weighted by atomic mass is 16.3. The Balaban J connectivity index is 1.66. The standard InChI is InChI=1S/C22H29N5O/c1-16-6-7-21-18(9-16)10-19(14-25(2)12-17-11-23-26(3)13-17)22(24-21)27-8-4-5-20(28)15-27/h6-7,9-11,13,20,28H,4-5,8,12,14-15H2,1-3H3/t20-/m0/s1. The topological polar surface area (TPSA) is 57.4 Å². The van der Waals surface area contributed by atoms with Gasteiger partial charge < -0.3 is 10.0 Å². The summed E-state index contributed by atoms with van der Waals surface area (Å²) in [6.07, 6.45) is 5.57. The molecule has 6 heteroatoms. The molecule has 1 atom stereocenters. The Morgan fingerprint density at radius 1 is 1.25 bits per heavy atom. The molecule has 1 fully saturated rings. The van der Waals surface area contributed by atoms with Crippen molar-refractivity contribution in [2.75, 3.05) is 25.0 Å². The van der Waals surface area contributed by atoms with Crippen LogP contribution in [0.5, 0.6) is 0 Å². The molecule has 0 amide bonds. The first-order valence-corrected chi connectivity index (χ1v) is 9.97. The first-order valence-electron chi connectivity index (χ1n) is 9.97. The second-order valence-corrected chi connectivity index (χ2v) is 8.10. The fourth-order valence-corrected chi connectivity index (χ4v) is 4.08. The summed E-state index contributed by atoms with van der Waals surface area (Å²) < 4.78 is 1.84. The van der Waals surface area contributed by atoms with Crippen molar-refractivity contribution < 1.29 is 5.11 Å². The van der Waals surface area contributed by atoms with E-state index in [1.165, 1.54) is 22.1 Å². The van der Waals surface area contributed by atoms with Gasteiger partial charge in [0.05, 0.1) is 17.8 Å². The molecule has 2 aromatic heterocycles. The Morgan fingerprint density at radius 2 is 2.11 bits per heavy atom. The van der Waals surface area contributed by atoms with Crippen LogP contribution in [0.15, 0.2) is 36.7 Å². The normalized spacial score (nSPS) is 17.6. The summed E-state index contributed by atoms with van der Waals surface area (Å²) >= 11 is 0. The van der Waals surface area contributed by atoms with Crippen LogP contribution in [-0.2, 0) is 20.1 Å². The Bertz CT molecular complexity index is 967.